The molecule has 44 heavy (non-hydrogen) atoms. The fourth-order valence-electron chi connectivity index (χ4n) is 4.99. The molecular weight excluding hydrogens is 564 g/mol. The number of benzene rings is 2. The number of carbonyl (C=O) groups excluding carboxylic acids is 3. The highest BCUT2D eigenvalue weighted by atomic mass is 16.5. The Hall–Kier alpha value is -4.29. The van der Waals surface area contributed by atoms with E-state index in [1.807, 2.05) is 48.5 Å². The first kappa shape index (κ1) is 32.6. The van der Waals surface area contributed by atoms with Crippen molar-refractivity contribution in [1.29, 1.82) is 0 Å². The van der Waals surface area contributed by atoms with Crippen LogP contribution < -0.4 is 15.5 Å². The van der Waals surface area contributed by atoms with Crippen LogP contribution in [0.15, 0.2) is 48.5 Å². The molecule has 12 nitrogen and oxygen atoms in total. The summed E-state index contributed by atoms with van der Waals surface area (Å²) in [5, 5.41) is 14.5. The number of hydrogen-bond donors (Lipinski definition) is 2. The Balaban J connectivity index is 1.50. The van der Waals surface area contributed by atoms with Gasteiger partial charge in [-0.3, -0.25) is 9.59 Å². The second-order valence-electron chi connectivity index (χ2n) is 10.4. The first-order valence-electron chi connectivity index (χ1n) is 15.2. The van der Waals surface area contributed by atoms with Gasteiger partial charge in [-0.15, -0.1) is 5.10 Å². The molecule has 2 heterocycles. The number of fused-ring (bicyclic) bond motifs is 5. The molecule has 3 aromatic rings. The van der Waals surface area contributed by atoms with Gasteiger partial charge in [-0.2, -0.15) is 0 Å². The Morgan fingerprint density at radius 1 is 0.886 bits per heavy atom. The fraction of sp³-hybridized carbons (Fsp3) is 0.469. The summed E-state index contributed by atoms with van der Waals surface area (Å²) in [6.07, 6.45) is 2.66. The zero-order chi connectivity index (χ0) is 31.1. The van der Waals surface area contributed by atoms with Crippen LogP contribution >= 0.6 is 0 Å². The van der Waals surface area contributed by atoms with E-state index < -0.39 is 6.09 Å². The molecule has 0 saturated heterocycles. The van der Waals surface area contributed by atoms with E-state index in [0.717, 1.165) is 41.6 Å². The van der Waals surface area contributed by atoms with Gasteiger partial charge in [0.25, 0.3) is 0 Å². The van der Waals surface area contributed by atoms with Crippen molar-refractivity contribution in [3.63, 3.8) is 0 Å². The zero-order valence-corrected chi connectivity index (χ0v) is 25.5. The van der Waals surface area contributed by atoms with Crippen LogP contribution in [0.5, 0.6) is 0 Å². The SMILES string of the molecule is CCCCCNC(=O)OCCn1nnc2c1-c1ccccc1N(C(=O)CCC(=O)NCCOCCOC)Cc1ccccc1-2. The van der Waals surface area contributed by atoms with E-state index in [2.05, 4.69) is 27.9 Å². The van der Waals surface area contributed by atoms with Crippen molar-refractivity contribution >= 4 is 23.6 Å². The molecule has 0 unspecified atom stereocenters. The summed E-state index contributed by atoms with van der Waals surface area (Å²) >= 11 is 0. The Bertz CT molecular complexity index is 1390. The number of nitrogens with zero attached hydrogens (tertiary/aromatic N) is 4. The Morgan fingerprint density at radius 3 is 2.50 bits per heavy atom. The Kier molecular flexibility index (Phi) is 12.7. The summed E-state index contributed by atoms with van der Waals surface area (Å²) in [7, 11) is 1.60. The summed E-state index contributed by atoms with van der Waals surface area (Å²) < 4.78 is 17.4. The highest BCUT2D eigenvalue weighted by molar-refractivity contribution is 6.01. The number of anilines is 1. The number of ether oxygens (including phenoxy) is 3. The van der Waals surface area contributed by atoms with E-state index in [9.17, 15) is 14.4 Å². The summed E-state index contributed by atoms with van der Waals surface area (Å²) in [5.74, 6) is -0.391. The van der Waals surface area contributed by atoms with Crippen LogP contribution in [0.2, 0.25) is 0 Å². The standard InChI is InChI=1S/C32H42N6O6/c1-3-4-9-16-34-32(41)44-20-18-38-31-26-12-7-8-13-27(26)37(23-24-10-5-6-11-25(24)30(31)35-36-38)29(40)15-14-28(39)33-17-19-43-22-21-42-2/h5-8,10-13H,3-4,9,14-23H2,1-2H3,(H,33,39)(H,34,41). The van der Waals surface area contributed by atoms with Crippen LogP contribution in [-0.2, 0) is 36.9 Å². The maximum absolute atomic E-state index is 13.7. The number of methoxy groups -OCH3 is 1. The number of rotatable bonds is 16. The van der Waals surface area contributed by atoms with E-state index in [4.69, 9.17) is 14.2 Å². The predicted molar refractivity (Wildman–Crippen MR) is 166 cm³/mol. The second-order valence-corrected chi connectivity index (χ2v) is 10.4. The number of alkyl carbamates (subject to hydrolysis) is 1. The van der Waals surface area contributed by atoms with Crippen molar-refractivity contribution in [3.05, 3.63) is 54.1 Å². The van der Waals surface area contributed by atoms with Crippen LogP contribution in [0.3, 0.4) is 0 Å². The van der Waals surface area contributed by atoms with Gasteiger partial charge in [0.2, 0.25) is 11.8 Å². The van der Waals surface area contributed by atoms with Crippen molar-refractivity contribution in [1.82, 2.24) is 25.6 Å². The minimum absolute atomic E-state index is 0.0401. The molecule has 236 valence electrons. The lowest BCUT2D eigenvalue weighted by Crippen LogP contribution is -2.34. The van der Waals surface area contributed by atoms with E-state index in [-0.39, 0.29) is 37.8 Å². The minimum Gasteiger partial charge on any atom is -0.448 e. The van der Waals surface area contributed by atoms with E-state index in [1.54, 1.807) is 16.7 Å². The van der Waals surface area contributed by atoms with Gasteiger partial charge >= 0.3 is 6.09 Å². The van der Waals surface area contributed by atoms with Crippen molar-refractivity contribution in [2.75, 3.05) is 51.5 Å². The van der Waals surface area contributed by atoms with Gasteiger partial charge in [-0.05, 0) is 18.1 Å². The monoisotopic (exact) mass is 606 g/mol. The molecule has 0 spiro atoms. The number of carbonyl (C=O) groups is 3. The highest BCUT2D eigenvalue weighted by Gasteiger charge is 2.29. The normalized spacial score (nSPS) is 11.9. The molecule has 0 radical (unpaired) electrons. The third-order valence-electron chi connectivity index (χ3n) is 7.24. The molecule has 12 heteroatoms. The van der Waals surface area contributed by atoms with Gasteiger partial charge < -0.3 is 29.7 Å². The number of aromatic nitrogens is 3. The maximum atomic E-state index is 13.7. The Labute approximate surface area is 258 Å². The van der Waals surface area contributed by atoms with Gasteiger partial charge in [-0.25, -0.2) is 9.48 Å². The third kappa shape index (κ3) is 8.87. The summed E-state index contributed by atoms with van der Waals surface area (Å²) in [6.45, 7) is 5.07. The first-order chi connectivity index (χ1) is 21.5. The van der Waals surface area contributed by atoms with Crippen LogP contribution in [0.25, 0.3) is 22.5 Å². The number of amides is 3. The average molecular weight is 607 g/mol. The molecule has 2 N–H and O–H groups in total. The van der Waals surface area contributed by atoms with Gasteiger partial charge in [0, 0.05) is 44.2 Å². The summed E-state index contributed by atoms with van der Waals surface area (Å²) in [5.41, 5.74) is 4.65. The third-order valence-corrected chi connectivity index (χ3v) is 7.24. The molecule has 0 fully saturated rings. The first-order valence-corrected chi connectivity index (χ1v) is 15.2. The maximum Gasteiger partial charge on any atom is 0.407 e. The molecule has 1 aliphatic rings. The molecule has 3 amide bonds. The van der Waals surface area contributed by atoms with Crippen molar-refractivity contribution in [2.45, 2.75) is 52.1 Å². The molecule has 0 aliphatic carbocycles. The van der Waals surface area contributed by atoms with Crippen molar-refractivity contribution in [2.24, 2.45) is 0 Å². The van der Waals surface area contributed by atoms with E-state index in [1.165, 1.54) is 0 Å². The molecule has 4 rings (SSSR count). The quantitative estimate of drug-likeness (QED) is 0.234. The molecule has 0 atom stereocenters. The molecule has 0 bridgehead atoms. The Morgan fingerprint density at radius 2 is 1.68 bits per heavy atom. The van der Waals surface area contributed by atoms with Gasteiger partial charge in [0.1, 0.15) is 12.3 Å². The topological polar surface area (TPSA) is 137 Å². The molecule has 1 aliphatic heterocycles. The molecule has 1 aromatic heterocycles. The van der Waals surface area contributed by atoms with Crippen LogP contribution in [0.1, 0.15) is 44.6 Å². The van der Waals surface area contributed by atoms with Crippen LogP contribution in [-0.4, -0.2) is 79.5 Å². The largest absolute Gasteiger partial charge is 0.448 e. The average Bonchev–Trinajstić information content (AvgIpc) is 3.44. The number of para-hydroxylation sites is 1. The van der Waals surface area contributed by atoms with Gasteiger partial charge in [0.05, 0.1) is 44.3 Å². The lowest BCUT2D eigenvalue weighted by Gasteiger charge is -2.28. The summed E-state index contributed by atoms with van der Waals surface area (Å²) in [6, 6.07) is 15.4. The molecule has 2 aromatic carbocycles. The van der Waals surface area contributed by atoms with Crippen molar-refractivity contribution < 1.29 is 28.6 Å². The van der Waals surface area contributed by atoms with Gasteiger partial charge in [-0.1, -0.05) is 67.4 Å². The number of nitrogens with one attached hydrogen (secondary N) is 2. The van der Waals surface area contributed by atoms with E-state index in [0.29, 0.717) is 50.8 Å². The molecule has 0 saturated carbocycles. The lowest BCUT2D eigenvalue weighted by atomic mass is 9.95. The van der Waals surface area contributed by atoms with E-state index >= 15 is 0 Å². The summed E-state index contributed by atoms with van der Waals surface area (Å²) in [4.78, 5) is 40.1. The highest BCUT2D eigenvalue weighted by Crippen LogP contribution is 2.41. The second kappa shape index (κ2) is 17.1. The smallest absolute Gasteiger partial charge is 0.407 e. The minimum atomic E-state index is -0.464. The zero-order valence-electron chi connectivity index (χ0n) is 25.5. The van der Waals surface area contributed by atoms with Crippen molar-refractivity contribution in [3.8, 4) is 22.5 Å². The van der Waals surface area contributed by atoms with Crippen LogP contribution in [0.4, 0.5) is 10.5 Å². The van der Waals surface area contributed by atoms with Gasteiger partial charge in [0.15, 0.2) is 0 Å². The lowest BCUT2D eigenvalue weighted by molar-refractivity contribution is -0.125. The molecular formula is C32H42N6O6. The fourth-order valence-corrected chi connectivity index (χ4v) is 4.99. The number of hydrogen-bond acceptors (Lipinski definition) is 8. The van der Waals surface area contributed by atoms with Crippen LogP contribution in [0, 0.1) is 0 Å². The predicted octanol–water partition coefficient (Wildman–Crippen LogP) is 3.93. The number of unbranched alkanes of at least 4 members (excludes halogenated alkanes) is 2.